The molecular formula is C19H20N4O3. The molecule has 2 aromatic heterocycles. The summed E-state index contributed by atoms with van der Waals surface area (Å²) < 4.78 is 10.8. The maximum Gasteiger partial charge on any atom is 0.252 e. The standard InChI is InChI=1S/C19H20N4O3/c1-4-26-16-9-14-17(23-12-5-7-13(25-3)8-6-12)15(18(20)24)10-21-19(14)22-11(16)2/h5-10H,4H2,1-3H3,(H2,20,24)(H,21,22,23). The van der Waals surface area contributed by atoms with E-state index in [9.17, 15) is 4.79 Å². The third-order valence-electron chi connectivity index (χ3n) is 3.93. The Bertz CT molecular complexity index is 955. The van der Waals surface area contributed by atoms with Crippen molar-refractivity contribution in [2.24, 2.45) is 5.73 Å². The molecule has 0 aliphatic rings. The first-order valence-corrected chi connectivity index (χ1v) is 8.17. The normalized spacial score (nSPS) is 10.6. The van der Waals surface area contributed by atoms with Crippen LogP contribution in [0.1, 0.15) is 23.0 Å². The van der Waals surface area contributed by atoms with Gasteiger partial charge in [-0.15, -0.1) is 0 Å². The lowest BCUT2D eigenvalue weighted by atomic mass is 10.1. The summed E-state index contributed by atoms with van der Waals surface area (Å²) in [5.41, 5.74) is 8.38. The van der Waals surface area contributed by atoms with E-state index >= 15 is 0 Å². The molecule has 0 atom stereocenters. The number of nitrogens with two attached hydrogens (primary N) is 1. The average Bonchev–Trinajstić information content (AvgIpc) is 2.63. The molecule has 26 heavy (non-hydrogen) atoms. The van der Waals surface area contributed by atoms with Gasteiger partial charge in [0.2, 0.25) is 0 Å². The summed E-state index contributed by atoms with van der Waals surface area (Å²) in [6, 6.07) is 9.17. The molecule has 134 valence electrons. The van der Waals surface area contributed by atoms with Crippen molar-refractivity contribution in [2.45, 2.75) is 13.8 Å². The minimum atomic E-state index is -0.575. The van der Waals surface area contributed by atoms with Crippen LogP contribution in [0.15, 0.2) is 36.5 Å². The van der Waals surface area contributed by atoms with Crippen molar-refractivity contribution in [3.05, 3.63) is 47.8 Å². The van der Waals surface area contributed by atoms with Gasteiger partial charge in [0.25, 0.3) is 5.91 Å². The molecule has 7 heteroatoms. The van der Waals surface area contributed by atoms with Crippen LogP contribution in [-0.2, 0) is 0 Å². The lowest BCUT2D eigenvalue weighted by Gasteiger charge is -2.15. The van der Waals surface area contributed by atoms with Crippen molar-refractivity contribution in [3.8, 4) is 11.5 Å². The highest BCUT2D eigenvalue weighted by atomic mass is 16.5. The van der Waals surface area contributed by atoms with E-state index in [4.69, 9.17) is 15.2 Å². The Hall–Kier alpha value is -3.35. The number of rotatable bonds is 6. The Balaban J connectivity index is 2.16. The molecule has 0 saturated carbocycles. The number of aromatic nitrogens is 2. The molecule has 2 heterocycles. The van der Waals surface area contributed by atoms with Gasteiger partial charge in [-0.25, -0.2) is 9.97 Å². The van der Waals surface area contributed by atoms with Crippen molar-refractivity contribution < 1.29 is 14.3 Å². The molecule has 0 saturated heterocycles. The van der Waals surface area contributed by atoms with Crippen LogP contribution in [0.4, 0.5) is 11.4 Å². The second kappa shape index (κ2) is 7.26. The number of amides is 1. The van der Waals surface area contributed by atoms with Crippen LogP contribution >= 0.6 is 0 Å². The molecule has 0 radical (unpaired) electrons. The molecule has 0 unspecified atom stereocenters. The molecular weight excluding hydrogens is 332 g/mol. The van der Waals surface area contributed by atoms with Crippen molar-refractivity contribution in [1.82, 2.24) is 9.97 Å². The second-order valence-electron chi connectivity index (χ2n) is 5.64. The van der Waals surface area contributed by atoms with Crippen LogP contribution in [0.2, 0.25) is 0 Å². The Kier molecular flexibility index (Phi) is 4.88. The number of nitrogens with one attached hydrogen (secondary N) is 1. The minimum absolute atomic E-state index is 0.279. The molecule has 3 N–H and O–H groups in total. The number of benzene rings is 1. The quantitative estimate of drug-likeness (QED) is 0.707. The summed E-state index contributed by atoms with van der Waals surface area (Å²) in [6.45, 7) is 4.27. The largest absolute Gasteiger partial charge is 0.497 e. The first kappa shape index (κ1) is 17.5. The topological polar surface area (TPSA) is 99.4 Å². The molecule has 3 rings (SSSR count). The van der Waals surface area contributed by atoms with E-state index in [1.54, 1.807) is 7.11 Å². The first-order chi connectivity index (χ1) is 12.5. The number of hydrogen-bond acceptors (Lipinski definition) is 6. The van der Waals surface area contributed by atoms with Crippen LogP contribution in [0.3, 0.4) is 0 Å². The molecule has 0 aliphatic carbocycles. The highest BCUT2D eigenvalue weighted by Crippen LogP contribution is 2.32. The number of nitrogens with zero attached hydrogens (tertiary/aromatic N) is 2. The Morgan fingerprint density at radius 1 is 1.27 bits per heavy atom. The maximum atomic E-state index is 11.9. The summed E-state index contributed by atoms with van der Waals surface area (Å²) in [4.78, 5) is 20.6. The number of primary amides is 1. The fourth-order valence-electron chi connectivity index (χ4n) is 2.63. The number of aryl methyl sites for hydroxylation is 1. The number of methoxy groups -OCH3 is 1. The van der Waals surface area contributed by atoms with E-state index < -0.39 is 5.91 Å². The second-order valence-corrected chi connectivity index (χ2v) is 5.64. The fourth-order valence-corrected chi connectivity index (χ4v) is 2.63. The van der Waals surface area contributed by atoms with E-state index in [0.29, 0.717) is 29.1 Å². The van der Waals surface area contributed by atoms with Gasteiger partial charge < -0.3 is 20.5 Å². The SMILES string of the molecule is CCOc1cc2c(Nc3ccc(OC)cc3)c(C(N)=O)cnc2nc1C. The zero-order valence-electron chi connectivity index (χ0n) is 14.9. The summed E-state index contributed by atoms with van der Waals surface area (Å²) in [5.74, 6) is 0.802. The number of hydrogen-bond donors (Lipinski definition) is 2. The van der Waals surface area contributed by atoms with Gasteiger partial charge in [-0.2, -0.15) is 0 Å². The first-order valence-electron chi connectivity index (χ1n) is 8.17. The van der Waals surface area contributed by atoms with Crippen molar-refractivity contribution in [1.29, 1.82) is 0 Å². The Morgan fingerprint density at radius 2 is 2.00 bits per heavy atom. The van der Waals surface area contributed by atoms with Crippen molar-refractivity contribution in [2.75, 3.05) is 19.0 Å². The Morgan fingerprint density at radius 3 is 2.62 bits per heavy atom. The predicted octanol–water partition coefficient (Wildman–Crippen LogP) is 3.19. The molecule has 0 spiro atoms. The maximum absolute atomic E-state index is 11.9. The van der Waals surface area contributed by atoms with E-state index in [-0.39, 0.29) is 5.56 Å². The van der Waals surface area contributed by atoms with Crippen LogP contribution in [-0.4, -0.2) is 29.6 Å². The van der Waals surface area contributed by atoms with Gasteiger partial charge in [-0.3, -0.25) is 4.79 Å². The van der Waals surface area contributed by atoms with Crippen LogP contribution in [0.25, 0.3) is 11.0 Å². The number of ether oxygens (including phenoxy) is 2. The minimum Gasteiger partial charge on any atom is -0.497 e. The molecule has 0 fully saturated rings. The van der Waals surface area contributed by atoms with Gasteiger partial charge in [0.1, 0.15) is 11.5 Å². The summed E-state index contributed by atoms with van der Waals surface area (Å²) in [7, 11) is 1.60. The van der Waals surface area contributed by atoms with Crippen LogP contribution in [0.5, 0.6) is 11.5 Å². The van der Waals surface area contributed by atoms with E-state index in [0.717, 1.165) is 17.1 Å². The number of fused-ring (bicyclic) bond motifs is 1. The predicted molar refractivity (Wildman–Crippen MR) is 100 cm³/mol. The number of carbonyl (C=O) groups is 1. The molecule has 7 nitrogen and oxygen atoms in total. The lowest BCUT2D eigenvalue weighted by Crippen LogP contribution is -2.14. The monoisotopic (exact) mass is 352 g/mol. The molecule has 1 amide bonds. The fraction of sp³-hybridized carbons (Fsp3) is 0.211. The summed E-state index contributed by atoms with van der Waals surface area (Å²) in [6.07, 6.45) is 1.43. The molecule has 1 aromatic carbocycles. The molecule has 3 aromatic rings. The van der Waals surface area contributed by atoms with Gasteiger partial charge in [-0.05, 0) is 44.2 Å². The molecule has 0 bridgehead atoms. The Labute approximate surface area is 151 Å². The number of pyridine rings is 2. The third-order valence-corrected chi connectivity index (χ3v) is 3.93. The highest BCUT2D eigenvalue weighted by molar-refractivity contribution is 6.07. The zero-order valence-corrected chi connectivity index (χ0v) is 14.9. The van der Waals surface area contributed by atoms with Gasteiger partial charge in [0.15, 0.2) is 5.65 Å². The summed E-state index contributed by atoms with van der Waals surface area (Å²) in [5, 5.41) is 3.90. The van der Waals surface area contributed by atoms with E-state index in [1.807, 2.05) is 44.2 Å². The average molecular weight is 352 g/mol. The van der Waals surface area contributed by atoms with E-state index in [2.05, 4.69) is 15.3 Å². The number of anilines is 2. The summed E-state index contributed by atoms with van der Waals surface area (Å²) >= 11 is 0. The van der Waals surface area contributed by atoms with E-state index in [1.165, 1.54) is 6.20 Å². The lowest BCUT2D eigenvalue weighted by molar-refractivity contribution is 0.100. The van der Waals surface area contributed by atoms with Gasteiger partial charge in [0, 0.05) is 17.3 Å². The molecule has 0 aliphatic heterocycles. The van der Waals surface area contributed by atoms with Gasteiger partial charge >= 0.3 is 0 Å². The van der Waals surface area contributed by atoms with Crippen LogP contribution < -0.4 is 20.5 Å². The number of carbonyl (C=O) groups excluding carboxylic acids is 1. The van der Waals surface area contributed by atoms with Gasteiger partial charge in [-0.1, -0.05) is 0 Å². The third kappa shape index (κ3) is 3.37. The van der Waals surface area contributed by atoms with Crippen LogP contribution in [0, 0.1) is 6.92 Å². The van der Waals surface area contributed by atoms with Crippen molar-refractivity contribution in [3.63, 3.8) is 0 Å². The van der Waals surface area contributed by atoms with Crippen molar-refractivity contribution >= 4 is 28.3 Å². The highest BCUT2D eigenvalue weighted by Gasteiger charge is 2.16. The zero-order chi connectivity index (χ0) is 18.7. The smallest absolute Gasteiger partial charge is 0.252 e. The van der Waals surface area contributed by atoms with Gasteiger partial charge in [0.05, 0.1) is 30.7 Å².